The summed E-state index contributed by atoms with van der Waals surface area (Å²) >= 11 is 0. The molecule has 0 fully saturated rings. The van der Waals surface area contributed by atoms with E-state index in [-0.39, 0.29) is 0 Å². The lowest BCUT2D eigenvalue weighted by Gasteiger charge is -2.12. The van der Waals surface area contributed by atoms with Crippen molar-refractivity contribution in [1.82, 2.24) is 25.2 Å². The molecule has 0 radical (unpaired) electrons. The summed E-state index contributed by atoms with van der Waals surface area (Å²) in [6.07, 6.45) is 4.39. The lowest BCUT2D eigenvalue weighted by molar-refractivity contribution is 0.320. The smallest absolute Gasteiger partial charge is 0.191 e. The van der Waals surface area contributed by atoms with Gasteiger partial charge >= 0.3 is 0 Å². The number of nitrogens with zero attached hydrogens (tertiary/aromatic N) is 4. The van der Waals surface area contributed by atoms with Gasteiger partial charge in [-0.2, -0.15) is 0 Å². The summed E-state index contributed by atoms with van der Waals surface area (Å²) in [6, 6.07) is 12.0. The normalized spacial score (nSPS) is 11.6. The maximum Gasteiger partial charge on any atom is 0.191 e. The molecule has 0 spiro atoms. The van der Waals surface area contributed by atoms with Gasteiger partial charge in [0.25, 0.3) is 0 Å². The third-order valence-corrected chi connectivity index (χ3v) is 4.30. The van der Waals surface area contributed by atoms with E-state index in [4.69, 9.17) is 4.74 Å². The van der Waals surface area contributed by atoms with Gasteiger partial charge in [0.05, 0.1) is 23.8 Å². The van der Waals surface area contributed by atoms with Crippen LogP contribution in [0.5, 0.6) is 5.75 Å². The molecule has 7 nitrogen and oxygen atoms in total. The number of imidazole rings is 1. The van der Waals surface area contributed by atoms with Crippen molar-refractivity contribution in [2.75, 3.05) is 26.2 Å². The first-order valence-electron chi connectivity index (χ1n) is 9.75. The van der Waals surface area contributed by atoms with Crippen molar-refractivity contribution >= 4 is 17.0 Å². The highest BCUT2D eigenvalue weighted by Gasteiger charge is 2.06. The van der Waals surface area contributed by atoms with Gasteiger partial charge in [0.1, 0.15) is 18.2 Å². The van der Waals surface area contributed by atoms with E-state index >= 15 is 0 Å². The van der Waals surface area contributed by atoms with Crippen LogP contribution in [-0.4, -0.2) is 46.7 Å². The summed E-state index contributed by atoms with van der Waals surface area (Å²) in [5.74, 6) is 2.63. The molecule has 0 aliphatic heterocycles. The van der Waals surface area contributed by atoms with E-state index in [0.29, 0.717) is 13.2 Å². The Balaban J connectivity index is 1.45. The van der Waals surface area contributed by atoms with Crippen LogP contribution in [0.15, 0.2) is 53.8 Å². The predicted molar refractivity (Wildman–Crippen MR) is 113 cm³/mol. The molecule has 0 atom stereocenters. The fourth-order valence-electron chi connectivity index (χ4n) is 3.01. The SMILES string of the molecule is CCNC(=NCCCn1c(C)nc2ccccc21)NCCOc1cccnc1. The van der Waals surface area contributed by atoms with Crippen molar-refractivity contribution in [1.29, 1.82) is 0 Å². The molecule has 3 rings (SSSR count). The third-order valence-electron chi connectivity index (χ3n) is 4.30. The Labute approximate surface area is 165 Å². The van der Waals surface area contributed by atoms with Crippen LogP contribution in [0.25, 0.3) is 11.0 Å². The number of hydrogen-bond donors (Lipinski definition) is 2. The van der Waals surface area contributed by atoms with Crippen molar-refractivity contribution in [3.8, 4) is 5.75 Å². The predicted octanol–water partition coefficient (Wildman–Crippen LogP) is 2.76. The second-order valence-electron chi connectivity index (χ2n) is 6.38. The molecule has 0 amide bonds. The van der Waals surface area contributed by atoms with Gasteiger partial charge < -0.3 is 19.9 Å². The highest BCUT2D eigenvalue weighted by atomic mass is 16.5. The number of hydrogen-bond acceptors (Lipinski definition) is 4. The van der Waals surface area contributed by atoms with Crippen LogP contribution in [0.1, 0.15) is 19.2 Å². The Morgan fingerprint density at radius 2 is 2.07 bits per heavy atom. The van der Waals surface area contributed by atoms with Crippen LogP contribution in [0.3, 0.4) is 0 Å². The Hall–Kier alpha value is -3.09. The van der Waals surface area contributed by atoms with Gasteiger partial charge in [0.2, 0.25) is 0 Å². The van der Waals surface area contributed by atoms with E-state index in [1.807, 2.05) is 18.2 Å². The first kappa shape index (κ1) is 19.7. The quantitative estimate of drug-likeness (QED) is 0.339. The molecule has 0 saturated carbocycles. The molecule has 1 aromatic carbocycles. The molecule has 2 aromatic heterocycles. The van der Waals surface area contributed by atoms with Gasteiger partial charge in [-0.05, 0) is 44.5 Å². The molecule has 0 saturated heterocycles. The van der Waals surface area contributed by atoms with Crippen molar-refractivity contribution in [3.63, 3.8) is 0 Å². The molecular weight excluding hydrogens is 352 g/mol. The third kappa shape index (κ3) is 5.45. The maximum atomic E-state index is 5.65. The van der Waals surface area contributed by atoms with Gasteiger partial charge in [0, 0.05) is 25.8 Å². The molecule has 0 aliphatic rings. The van der Waals surface area contributed by atoms with E-state index in [0.717, 1.165) is 49.1 Å². The zero-order valence-electron chi connectivity index (χ0n) is 16.6. The van der Waals surface area contributed by atoms with E-state index < -0.39 is 0 Å². The summed E-state index contributed by atoms with van der Waals surface area (Å²) in [7, 11) is 0. The average molecular weight is 380 g/mol. The highest BCUT2D eigenvalue weighted by molar-refractivity contribution is 5.79. The number of aliphatic imine (C=N–C) groups is 1. The molecule has 148 valence electrons. The van der Waals surface area contributed by atoms with Gasteiger partial charge in [-0.3, -0.25) is 9.98 Å². The number of benzene rings is 1. The minimum Gasteiger partial charge on any atom is -0.490 e. The van der Waals surface area contributed by atoms with E-state index in [2.05, 4.69) is 62.2 Å². The second kappa shape index (κ2) is 10.3. The van der Waals surface area contributed by atoms with Gasteiger partial charge in [-0.25, -0.2) is 4.98 Å². The number of ether oxygens (including phenoxy) is 1. The van der Waals surface area contributed by atoms with Crippen molar-refractivity contribution in [2.24, 2.45) is 4.99 Å². The largest absolute Gasteiger partial charge is 0.490 e. The molecule has 3 aromatic rings. The topological polar surface area (TPSA) is 76.4 Å². The van der Waals surface area contributed by atoms with E-state index in [1.165, 1.54) is 5.52 Å². The lowest BCUT2D eigenvalue weighted by Crippen LogP contribution is -2.39. The van der Waals surface area contributed by atoms with Crippen molar-refractivity contribution in [3.05, 3.63) is 54.6 Å². The minimum atomic E-state index is 0.552. The van der Waals surface area contributed by atoms with Crippen LogP contribution < -0.4 is 15.4 Å². The fraction of sp³-hybridized carbons (Fsp3) is 0.381. The van der Waals surface area contributed by atoms with E-state index in [9.17, 15) is 0 Å². The van der Waals surface area contributed by atoms with Crippen LogP contribution in [0, 0.1) is 6.92 Å². The number of aromatic nitrogens is 3. The molecule has 7 heteroatoms. The average Bonchev–Trinajstić information content (AvgIpc) is 3.04. The summed E-state index contributed by atoms with van der Waals surface area (Å²) in [5.41, 5.74) is 2.23. The molecule has 28 heavy (non-hydrogen) atoms. The number of aryl methyl sites for hydroxylation is 2. The first-order valence-corrected chi connectivity index (χ1v) is 9.75. The Morgan fingerprint density at radius 3 is 2.89 bits per heavy atom. The van der Waals surface area contributed by atoms with Gasteiger partial charge in [-0.1, -0.05) is 12.1 Å². The number of pyridine rings is 1. The number of fused-ring (bicyclic) bond motifs is 1. The maximum absolute atomic E-state index is 5.65. The molecule has 0 aliphatic carbocycles. The molecule has 0 bridgehead atoms. The molecule has 0 unspecified atom stereocenters. The standard InChI is InChI=1S/C21H28N6O/c1-3-23-21(25-13-15-28-18-8-6-11-22-16-18)24-12-7-14-27-17(2)26-19-9-4-5-10-20(19)27/h4-6,8-11,16H,3,7,12-15H2,1-2H3,(H2,23,24,25). The van der Waals surface area contributed by atoms with Crippen molar-refractivity contribution in [2.45, 2.75) is 26.8 Å². The summed E-state index contributed by atoms with van der Waals surface area (Å²) in [5, 5.41) is 6.57. The minimum absolute atomic E-state index is 0.552. The zero-order valence-corrected chi connectivity index (χ0v) is 16.6. The number of guanidine groups is 1. The summed E-state index contributed by atoms with van der Waals surface area (Å²) < 4.78 is 7.90. The van der Waals surface area contributed by atoms with E-state index in [1.54, 1.807) is 12.4 Å². The molecular formula is C21H28N6O. The summed E-state index contributed by atoms with van der Waals surface area (Å²) in [4.78, 5) is 13.3. The number of para-hydroxylation sites is 2. The van der Waals surface area contributed by atoms with Crippen LogP contribution in [-0.2, 0) is 6.54 Å². The van der Waals surface area contributed by atoms with Crippen LogP contribution in [0.2, 0.25) is 0 Å². The zero-order chi connectivity index (χ0) is 19.6. The fourth-order valence-corrected chi connectivity index (χ4v) is 3.01. The molecule has 2 heterocycles. The Morgan fingerprint density at radius 1 is 1.18 bits per heavy atom. The van der Waals surface area contributed by atoms with Gasteiger partial charge in [0.15, 0.2) is 5.96 Å². The monoisotopic (exact) mass is 380 g/mol. The second-order valence-corrected chi connectivity index (χ2v) is 6.38. The number of rotatable bonds is 9. The highest BCUT2D eigenvalue weighted by Crippen LogP contribution is 2.15. The first-order chi connectivity index (χ1) is 13.8. The summed E-state index contributed by atoms with van der Waals surface area (Å²) in [6.45, 7) is 7.80. The van der Waals surface area contributed by atoms with Crippen molar-refractivity contribution < 1.29 is 4.74 Å². The lowest BCUT2D eigenvalue weighted by atomic mass is 10.3. The molecule has 2 N–H and O–H groups in total. The van der Waals surface area contributed by atoms with Crippen LogP contribution in [0.4, 0.5) is 0 Å². The van der Waals surface area contributed by atoms with Crippen LogP contribution >= 0.6 is 0 Å². The van der Waals surface area contributed by atoms with Gasteiger partial charge in [-0.15, -0.1) is 0 Å². The Bertz CT molecular complexity index is 890. The Kier molecular flexibility index (Phi) is 7.23. The number of nitrogens with one attached hydrogen (secondary N) is 2.